The lowest BCUT2D eigenvalue weighted by molar-refractivity contribution is -0.139. The van der Waals surface area contributed by atoms with Gasteiger partial charge in [-0.3, -0.25) is 9.59 Å². The number of rotatable bonds is 12. The van der Waals surface area contributed by atoms with E-state index in [1.807, 2.05) is 56.3 Å². The van der Waals surface area contributed by atoms with E-state index in [0.717, 1.165) is 17.5 Å². The molecule has 0 bridgehead atoms. The fourth-order valence-electron chi connectivity index (χ4n) is 3.77. The summed E-state index contributed by atoms with van der Waals surface area (Å²) >= 11 is 7.55. The first-order chi connectivity index (χ1) is 17.4. The Balaban J connectivity index is 1.86. The van der Waals surface area contributed by atoms with Crippen LogP contribution < -0.4 is 5.32 Å². The van der Waals surface area contributed by atoms with Gasteiger partial charge in [0.25, 0.3) is 0 Å². The molecule has 0 spiro atoms. The average molecular weight is 527 g/mol. The Morgan fingerprint density at radius 2 is 1.69 bits per heavy atom. The van der Waals surface area contributed by atoms with Crippen LogP contribution in [0.25, 0.3) is 0 Å². The van der Waals surface area contributed by atoms with Crippen LogP contribution in [0.1, 0.15) is 37.0 Å². The lowest BCUT2D eigenvalue weighted by atomic mass is 10.0. The van der Waals surface area contributed by atoms with Gasteiger partial charge in [0.1, 0.15) is 11.9 Å². The number of thioether (sulfide) groups is 1. The molecule has 4 nitrogen and oxygen atoms in total. The van der Waals surface area contributed by atoms with Crippen LogP contribution in [0.2, 0.25) is 5.02 Å². The Morgan fingerprint density at radius 3 is 2.39 bits per heavy atom. The van der Waals surface area contributed by atoms with Crippen molar-refractivity contribution in [3.05, 3.63) is 106 Å². The lowest BCUT2D eigenvalue weighted by Gasteiger charge is -2.32. The predicted molar refractivity (Wildman–Crippen MR) is 146 cm³/mol. The smallest absolute Gasteiger partial charge is 0.243 e. The fraction of sp³-hybridized carbons (Fsp3) is 0.310. The SMILES string of the molecule is CC[C@@H](C)NC(=O)[C@H](Cc1ccccc1)N(Cc1cccc(Cl)c1)C(=O)CSCc1ccccc1F. The van der Waals surface area contributed by atoms with Gasteiger partial charge in [0.15, 0.2) is 0 Å². The number of benzene rings is 3. The molecular formula is C29H32ClFN2O2S. The van der Waals surface area contributed by atoms with Gasteiger partial charge in [-0.2, -0.15) is 0 Å². The number of halogens is 2. The van der Waals surface area contributed by atoms with Crippen molar-refractivity contribution in [1.82, 2.24) is 10.2 Å². The minimum atomic E-state index is -0.707. The highest BCUT2D eigenvalue weighted by molar-refractivity contribution is 7.99. The molecule has 0 aromatic heterocycles. The summed E-state index contributed by atoms with van der Waals surface area (Å²) in [5, 5.41) is 3.62. The maximum Gasteiger partial charge on any atom is 0.243 e. The number of amides is 2. The van der Waals surface area contributed by atoms with Gasteiger partial charge in [-0.15, -0.1) is 11.8 Å². The van der Waals surface area contributed by atoms with Gasteiger partial charge < -0.3 is 10.2 Å². The number of hydrogen-bond acceptors (Lipinski definition) is 3. The van der Waals surface area contributed by atoms with E-state index >= 15 is 0 Å². The minimum absolute atomic E-state index is 0.0191. The lowest BCUT2D eigenvalue weighted by Crippen LogP contribution is -2.52. The molecular weight excluding hydrogens is 495 g/mol. The minimum Gasteiger partial charge on any atom is -0.352 e. The standard InChI is InChI=1S/C29H32ClFN2O2S/c1-3-21(2)32-29(35)27(17-22-10-5-4-6-11-22)33(18-23-12-9-14-25(30)16-23)28(34)20-36-19-24-13-7-8-15-26(24)31/h4-16,21,27H,3,17-20H2,1-2H3,(H,32,35)/t21-,27+/m1/s1. The van der Waals surface area contributed by atoms with Crippen molar-refractivity contribution in [3.8, 4) is 0 Å². The summed E-state index contributed by atoms with van der Waals surface area (Å²) in [6.07, 6.45) is 1.16. The Bertz CT molecular complexity index is 1140. The van der Waals surface area contributed by atoms with Crippen LogP contribution in [0.3, 0.4) is 0 Å². The van der Waals surface area contributed by atoms with Crippen LogP contribution in [0.4, 0.5) is 4.39 Å². The van der Waals surface area contributed by atoms with Crippen molar-refractivity contribution in [3.63, 3.8) is 0 Å². The van der Waals surface area contributed by atoms with E-state index in [1.165, 1.54) is 17.8 Å². The van der Waals surface area contributed by atoms with Gasteiger partial charge in [-0.1, -0.05) is 79.2 Å². The van der Waals surface area contributed by atoms with Crippen molar-refractivity contribution in [2.24, 2.45) is 0 Å². The second-order valence-corrected chi connectivity index (χ2v) is 10.2. The first-order valence-electron chi connectivity index (χ1n) is 12.1. The topological polar surface area (TPSA) is 49.4 Å². The first kappa shape index (κ1) is 27.8. The molecule has 190 valence electrons. The molecule has 36 heavy (non-hydrogen) atoms. The van der Waals surface area contributed by atoms with Crippen LogP contribution in [0.15, 0.2) is 78.9 Å². The summed E-state index contributed by atoms with van der Waals surface area (Å²) < 4.78 is 14.1. The molecule has 2 amide bonds. The van der Waals surface area contributed by atoms with Gasteiger partial charge in [0.2, 0.25) is 11.8 Å². The van der Waals surface area contributed by atoms with E-state index < -0.39 is 6.04 Å². The number of carbonyl (C=O) groups excluding carboxylic acids is 2. The number of carbonyl (C=O) groups is 2. The highest BCUT2D eigenvalue weighted by Crippen LogP contribution is 2.21. The van der Waals surface area contributed by atoms with E-state index in [4.69, 9.17) is 11.6 Å². The van der Waals surface area contributed by atoms with E-state index in [-0.39, 0.29) is 36.0 Å². The van der Waals surface area contributed by atoms with Crippen molar-refractivity contribution < 1.29 is 14.0 Å². The molecule has 0 aliphatic rings. The fourth-order valence-corrected chi connectivity index (χ4v) is 4.88. The zero-order valence-corrected chi connectivity index (χ0v) is 22.2. The van der Waals surface area contributed by atoms with Crippen molar-refractivity contribution in [2.45, 2.75) is 51.1 Å². The highest BCUT2D eigenvalue weighted by Gasteiger charge is 2.31. The van der Waals surface area contributed by atoms with E-state index in [0.29, 0.717) is 22.8 Å². The number of nitrogens with zero attached hydrogens (tertiary/aromatic N) is 1. The van der Waals surface area contributed by atoms with Crippen molar-refractivity contribution in [2.75, 3.05) is 5.75 Å². The summed E-state index contributed by atoms with van der Waals surface area (Å²) in [6.45, 7) is 4.20. The first-order valence-corrected chi connectivity index (χ1v) is 13.6. The molecule has 0 aliphatic carbocycles. The van der Waals surface area contributed by atoms with Gasteiger partial charge in [-0.05, 0) is 48.2 Å². The van der Waals surface area contributed by atoms with Crippen LogP contribution in [0.5, 0.6) is 0 Å². The van der Waals surface area contributed by atoms with Gasteiger partial charge in [0, 0.05) is 29.8 Å². The molecule has 0 radical (unpaired) electrons. The van der Waals surface area contributed by atoms with Gasteiger partial charge in [0.05, 0.1) is 5.75 Å². The maximum absolute atomic E-state index is 14.1. The normalized spacial score (nSPS) is 12.6. The summed E-state index contributed by atoms with van der Waals surface area (Å²) in [5.74, 6) is -0.176. The molecule has 1 N–H and O–H groups in total. The monoisotopic (exact) mass is 526 g/mol. The van der Waals surface area contributed by atoms with Crippen LogP contribution >= 0.6 is 23.4 Å². The van der Waals surface area contributed by atoms with E-state index in [2.05, 4.69) is 5.32 Å². The van der Waals surface area contributed by atoms with Crippen molar-refractivity contribution in [1.29, 1.82) is 0 Å². The third-order valence-corrected chi connectivity index (χ3v) is 7.16. The molecule has 0 unspecified atom stereocenters. The maximum atomic E-state index is 14.1. The quantitative estimate of drug-likeness (QED) is 0.303. The summed E-state index contributed by atoms with van der Waals surface area (Å²) in [5.41, 5.74) is 2.35. The zero-order valence-electron chi connectivity index (χ0n) is 20.6. The van der Waals surface area contributed by atoms with Crippen LogP contribution in [0, 0.1) is 5.82 Å². The molecule has 2 atom stereocenters. The third-order valence-electron chi connectivity index (χ3n) is 5.96. The second-order valence-electron chi connectivity index (χ2n) is 8.76. The molecule has 7 heteroatoms. The summed E-state index contributed by atoms with van der Waals surface area (Å²) in [7, 11) is 0. The average Bonchev–Trinajstić information content (AvgIpc) is 2.87. The molecule has 0 saturated heterocycles. The molecule has 3 rings (SSSR count). The molecule has 0 fully saturated rings. The summed E-state index contributed by atoms with van der Waals surface area (Å²) in [6, 6.07) is 22.8. The van der Waals surface area contributed by atoms with Crippen molar-refractivity contribution >= 4 is 35.2 Å². The van der Waals surface area contributed by atoms with E-state index in [9.17, 15) is 14.0 Å². The van der Waals surface area contributed by atoms with Crippen LogP contribution in [-0.2, 0) is 28.3 Å². The molecule has 0 heterocycles. The zero-order chi connectivity index (χ0) is 25.9. The largest absolute Gasteiger partial charge is 0.352 e. The summed E-state index contributed by atoms with van der Waals surface area (Å²) in [4.78, 5) is 28.7. The Labute approximate surface area is 222 Å². The van der Waals surface area contributed by atoms with Crippen LogP contribution in [-0.4, -0.2) is 34.6 Å². The molecule has 0 aliphatic heterocycles. The van der Waals surface area contributed by atoms with Gasteiger partial charge >= 0.3 is 0 Å². The Kier molecular flexibility index (Phi) is 10.8. The molecule has 3 aromatic carbocycles. The Morgan fingerprint density at radius 1 is 1.00 bits per heavy atom. The second kappa shape index (κ2) is 14.0. The predicted octanol–water partition coefficient (Wildman–Crippen LogP) is 6.27. The number of nitrogens with one attached hydrogen (secondary N) is 1. The van der Waals surface area contributed by atoms with E-state index in [1.54, 1.807) is 35.2 Å². The Hall–Kier alpha value is -2.83. The third kappa shape index (κ3) is 8.38. The molecule has 3 aromatic rings. The number of hydrogen-bond donors (Lipinski definition) is 1. The molecule has 0 saturated carbocycles. The highest BCUT2D eigenvalue weighted by atomic mass is 35.5. The van der Waals surface area contributed by atoms with Gasteiger partial charge in [-0.25, -0.2) is 4.39 Å².